The van der Waals surface area contributed by atoms with Crippen LogP contribution in [-0.4, -0.2) is 33.7 Å². The van der Waals surface area contributed by atoms with E-state index in [4.69, 9.17) is 11.6 Å². The number of halogens is 4. The quantitative estimate of drug-likeness (QED) is 0.515. The molecule has 0 aliphatic carbocycles. The zero-order valence-electron chi connectivity index (χ0n) is 17.9. The number of benzene rings is 2. The van der Waals surface area contributed by atoms with Crippen molar-refractivity contribution in [2.24, 2.45) is 0 Å². The number of amides is 1. The van der Waals surface area contributed by atoms with Crippen LogP contribution in [0.25, 0.3) is 5.69 Å². The Bertz CT molecular complexity index is 1080. The molecule has 3 aromatic rings. The predicted octanol–water partition coefficient (Wildman–Crippen LogP) is 5.31. The molecular formula is C23H24ClF3N4O. The summed E-state index contributed by atoms with van der Waals surface area (Å²) in [6, 6.07) is 13.6. The monoisotopic (exact) mass is 464 g/mol. The molecule has 32 heavy (non-hydrogen) atoms. The Balaban J connectivity index is 1.85. The first-order valence-electron chi connectivity index (χ1n) is 10.0. The Kier molecular flexibility index (Phi) is 7.26. The lowest BCUT2D eigenvalue weighted by atomic mass is 10.1. The highest BCUT2D eigenvalue weighted by Gasteiger charge is 2.40. The van der Waals surface area contributed by atoms with Crippen molar-refractivity contribution in [3.05, 3.63) is 82.1 Å². The van der Waals surface area contributed by atoms with Crippen LogP contribution < -0.4 is 5.32 Å². The Morgan fingerprint density at radius 2 is 1.75 bits per heavy atom. The molecule has 9 heteroatoms. The van der Waals surface area contributed by atoms with Gasteiger partial charge in [-0.3, -0.25) is 9.69 Å². The van der Waals surface area contributed by atoms with E-state index in [1.165, 1.54) is 24.3 Å². The summed E-state index contributed by atoms with van der Waals surface area (Å²) in [7, 11) is 1.99. The minimum atomic E-state index is -4.78. The average Bonchev–Trinajstić information content (AvgIpc) is 3.19. The van der Waals surface area contributed by atoms with Gasteiger partial charge in [-0.15, -0.1) is 0 Å². The fraction of sp³-hybridized carbons (Fsp3) is 0.304. The molecule has 1 aromatic heterocycles. The molecule has 2 aromatic carbocycles. The Morgan fingerprint density at radius 3 is 2.34 bits per heavy atom. The van der Waals surface area contributed by atoms with Gasteiger partial charge in [0.25, 0.3) is 5.91 Å². The van der Waals surface area contributed by atoms with E-state index >= 15 is 0 Å². The molecule has 0 fully saturated rings. The van der Waals surface area contributed by atoms with E-state index < -0.39 is 23.3 Å². The Hall–Kier alpha value is -2.84. The van der Waals surface area contributed by atoms with Crippen molar-refractivity contribution in [2.45, 2.75) is 39.2 Å². The lowest BCUT2D eigenvalue weighted by Gasteiger charge is -2.22. The molecule has 1 heterocycles. The summed E-state index contributed by atoms with van der Waals surface area (Å²) < 4.78 is 42.2. The van der Waals surface area contributed by atoms with Crippen molar-refractivity contribution >= 4 is 17.5 Å². The normalized spacial score (nSPS) is 11.9. The third kappa shape index (κ3) is 5.49. The van der Waals surface area contributed by atoms with Gasteiger partial charge in [-0.1, -0.05) is 35.9 Å². The van der Waals surface area contributed by atoms with Crippen molar-refractivity contribution in [3.8, 4) is 5.69 Å². The lowest BCUT2D eigenvalue weighted by Crippen LogP contribution is -2.28. The molecule has 0 aliphatic heterocycles. The minimum Gasteiger partial charge on any atom is -0.348 e. The van der Waals surface area contributed by atoms with Crippen LogP contribution in [-0.2, 0) is 19.3 Å². The summed E-state index contributed by atoms with van der Waals surface area (Å²) in [5.74, 6) is -0.843. The maximum Gasteiger partial charge on any atom is 0.434 e. The van der Waals surface area contributed by atoms with E-state index in [-0.39, 0.29) is 12.2 Å². The van der Waals surface area contributed by atoms with Crippen molar-refractivity contribution in [2.75, 3.05) is 7.05 Å². The molecule has 1 amide bonds. The lowest BCUT2D eigenvalue weighted by molar-refractivity contribution is -0.143. The van der Waals surface area contributed by atoms with Gasteiger partial charge in [0.1, 0.15) is 0 Å². The van der Waals surface area contributed by atoms with Gasteiger partial charge in [-0.2, -0.15) is 18.3 Å². The summed E-state index contributed by atoms with van der Waals surface area (Å²) >= 11 is 5.83. The van der Waals surface area contributed by atoms with E-state index in [9.17, 15) is 18.0 Å². The van der Waals surface area contributed by atoms with Gasteiger partial charge in [-0.05, 0) is 56.3 Å². The van der Waals surface area contributed by atoms with E-state index in [1.807, 2.05) is 31.3 Å². The van der Waals surface area contributed by atoms with Gasteiger partial charge < -0.3 is 5.32 Å². The zero-order valence-corrected chi connectivity index (χ0v) is 18.7. The molecular weight excluding hydrogens is 441 g/mol. The van der Waals surface area contributed by atoms with Crippen LogP contribution in [0.4, 0.5) is 13.2 Å². The van der Waals surface area contributed by atoms with Crippen LogP contribution in [0.1, 0.15) is 41.0 Å². The molecule has 0 aliphatic rings. The molecule has 0 saturated heterocycles. The number of nitrogens with zero attached hydrogens (tertiary/aromatic N) is 3. The number of carbonyl (C=O) groups is 1. The van der Waals surface area contributed by atoms with Crippen LogP contribution in [0.2, 0.25) is 5.02 Å². The first-order chi connectivity index (χ1) is 15.1. The Labute approximate surface area is 189 Å². The summed E-state index contributed by atoms with van der Waals surface area (Å²) in [6.07, 6.45) is -3.84. The SMILES string of the molecule is CC(C)N(C)Cc1ccccc1CNC(=O)c1cnn(-c2ccc(Cl)cc2)c1C(F)(F)F. The van der Waals surface area contributed by atoms with Crippen molar-refractivity contribution in [3.63, 3.8) is 0 Å². The summed E-state index contributed by atoms with van der Waals surface area (Å²) in [6.45, 7) is 4.90. The second-order valence-corrected chi connectivity index (χ2v) is 8.19. The molecule has 1 N–H and O–H groups in total. The van der Waals surface area contributed by atoms with Gasteiger partial charge in [0.05, 0.1) is 17.4 Å². The van der Waals surface area contributed by atoms with Gasteiger partial charge in [-0.25, -0.2) is 4.68 Å². The molecule has 0 atom stereocenters. The molecule has 0 saturated carbocycles. The van der Waals surface area contributed by atoms with Gasteiger partial charge in [0, 0.05) is 24.2 Å². The third-order valence-electron chi connectivity index (χ3n) is 5.21. The number of alkyl halides is 3. The fourth-order valence-electron chi connectivity index (χ4n) is 3.17. The van der Waals surface area contributed by atoms with Crippen LogP contribution >= 0.6 is 11.6 Å². The van der Waals surface area contributed by atoms with E-state index in [2.05, 4.69) is 29.2 Å². The Morgan fingerprint density at radius 1 is 1.12 bits per heavy atom. The first-order valence-corrected chi connectivity index (χ1v) is 10.4. The highest BCUT2D eigenvalue weighted by Crippen LogP contribution is 2.34. The summed E-state index contributed by atoms with van der Waals surface area (Å²) in [5, 5.41) is 6.82. The van der Waals surface area contributed by atoms with Gasteiger partial charge in [0.15, 0.2) is 5.69 Å². The molecule has 0 unspecified atom stereocenters. The van der Waals surface area contributed by atoms with Crippen molar-refractivity contribution < 1.29 is 18.0 Å². The molecule has 170 valence electrons. The predicted molar refractivity (Wildman–Crippen MR) is 118 cm³/mol. The van der Waals surface area contributed by atoms with Gasteiger partial charge >= 0.3 is 6.18 Å². The largest absolute Gasteiger partial charge is 0.434 e. The fourth-order valence-corrected chi connectivity index (χ4v) is 3.30. The number of hydrogen-bond donors (Lipinski definition) is 1. The number of carbonyl (C=O) groups excluding carboxylic acids is 1. The molecule has 0 radical (unpaired) electrons. The van der Waals surface area contributed by atoms with Gasteiger partial charge in [0.2, 0.25) is 0 Å². The molecule has 0 bridgehead atoms. The van der Waals surface area contributed by atoms with E-state index in [0.717, 1.165) is 17.3 Å². The molecule has 3 rings (SSSR count). The van der Waals surface area contributed by atoms with Crippen molar-refractivity contribution in [1.82, 2.24) is 20.0 Å². The maximum atomic E-state index is 13.8. The second kappa shape index (κ2) is 9.75. The first kappa shape index (κ1) is 23.8. The number of aromatic nitrogens is 2. The molecule has 5 nitrogen and oxygen atoms in total. The van der Waals surface area contributed by atoms with E-state index in [1.54, 1.807) is 0 Å². The van der Waals surface area contributed by atoms with E-state index in [0.29, 0.717) is 22.3 Å². The highest BCUT2D eigenvalue weighted by atomic mass is 35.5. The van der Waals surface area contributed by atoms with Crippen LogP contribution in [0.5, 0.6) is 0 Å². The second-order valence-electron chi connectivity index (χ2n) is 7.75. The summed E-state index contributed by atoms with van der Waals surface area (Å²) in [5.41, 5.74) is 0.320. The van der Waals surface area contributed by atoms with Crippen LogP contribution in [0.3, 0.4) is 0 Å². The van der Waals surface area contributed by atoms with Crippen LogP contribution in [0, 0.1) is 0 Å². The number of nitrogens with one attached hydrogen (secondary N) is 1. The maximum absolute atomic E-state index is 13.8. The topological polar surface area (TPSA) is 50.2 Å². The third-order valence-corrected chi connectivity index (χ3v) is 5.46. The molecule has 0 spiro atoms. The standard InChI is InChI=1S/C23H24ClF3N4O/c1-15(2)30(3)14-17-7-5-4-6-16(17)12-28-22(32)20-13-29-31(21(20)23(25,26)27)19-10-8-18(24)9-11-19/h4-11,13,15H,12,14H2,1-3H3,(H,28,32). The zero-order chi connectivity index (χ0) is 23.5. The highest BCUT2D eigenvalue weighted by molar-refractivity contribution is 6.30. The smallest absolute Gasteiger partial charge is 0.348 e. The number of rotatable bonds is 7. The van der Waals surface area contributed by atoms with Crippen LogP contribution in [0.15, 0.2) is 54.7 Å². The average molecular weight is 465 g/mol. The van der Waals surface area contributed by atoms with Crippen molar-refractivity contribution in [1.29, 1.82) is 0 Å². The summed E-state index contributed by atoms with van der Waals surface area (Å²) in [4.78, 5) is 14.9. The number of hydrogen-bond acceptors (Lipinski definition) is 3. The minimum absolute atomic E-state index is 0.102.